The molecule has 1 nitrogen and oxygen atoms in total. The van der Waals surface area contributed by atoms with Crippen LogP contribution in [0.2, 0.25) is 0 Å². The van der Waals surface area contributed by atoms with E-state index in [0.717, 1.165) is 5.52 Å². The average molecular weight is 178 g/mol. The number of nitrogens with zero attached hydrogens (tertiary/aromatic N) is 1. The Kier molecular flexibility index (Phi) is 1.51. The van der Waals surface area contributed by atoms with E-state index in [0.29, 0.717) is 0 Å². The standard InChI is InChI=1S/C13H8N/c1-2-5-11-9-13-12(6-3-7-14-13)8-10(11)4-1/h2-9H. The van der Waals surface area contributed by atoms with Crippen LogP contribution in [0, 0.1) is 6.07 Å². The summed E-state index contributed by atoms with van der Waals surface area (Å²) >= 11 is 0. The highest BCUT2D eigenvalue weighted by molar-refractivity contribution is 5.96. The van der Waals surface area contributed by atoms with Gasteiger partial charge in [0.05, 0.1) is 5.52 Å². The summed E-state index contributed by atoms with van der Waals surface area (Å²) in [6.45, 7) is 0. The van der Waals surface area contributed by atoms with Crippen molar-refractivity contribution in [2.75, 3.05) is 0 Å². The Morgan fingerprint density at radius 1 is 1.00 bits per heavy atom. The topological polar surface area (TPSA) is 12.9 Å². The lowest BCUT2D eigenvalue weighted by Crippen LogP contribution is -1.78. The van der Waals surface area contributed by atoms with Crippen LogP contribution in [-0.2, 0) is 0 Å². The van der Waals surface area contributed by atoms with Crippen molar-refractivity contribution in [3.05, 3.63) is 54.7 Å². The Bertz CT molecular complexity index is 494. The largest absolute Gasteiger partial charge is 0.256 e. The molecule has 3 aromatic rings. The molecular weight excluding hydrogens is 170 g/mol. The first-order chi connectivity index (χ1) is 6.93. The normalized spacial score (nSPS) is 10.9. The number of fused-ring (bicyclic) bond motifs is 2. The Balaban J connectivity index is 2.52. The monoisotopic (exact) mass is 178 g/mol. The zero-order valence-electron chi connectivity index (χ0n) is 7.57. The Morgan fingerprint density at radius 3 is 3.00 bits per heavy atom. The number of pyridine rings is 1. The molecule has 14 heavy (non-hydrogen) atoms. The quantitative estimate of drug-likeness (QED) is 0.482. The van der Waals surface area contributed by atoms with E-state index < -0.39 is 0 Å². The van der Waals surface area contributed by atoms with E-state index in [-0.39, 0.29) is 0 Å². The van der Waals surface area contributed by atoms with Crippen LogP contribution < -0.4 is 0 Å². The van der Waals surface area contributed by atoms with Gasteiger partial charge in [-0.3, -0.25) is 4.98 Å². The third-order valence-electron chi connectivity index (χ3n) is 2.41. The molecule has 0 amide bonds. The fraction of sp³-hybridized carbons (Fsp3) is 0. The molecule has 1 radical (unpaired) electrons. The van der Waals surface area contributed by atoms with Crippen LogP contribution in [0.15, 0.2) is 48.7 Å². The molecule has 0 unspecified atom stereocenters. The SMILES string of the molecule is [c]1ccc2cc3ncccc3cc2c1. The Labute approximate surface area is 82.0 Å². The Morgan fingerprint density at radius 2 is 2.00 bits per heavy atom. The van der Waals surface area contributed by atoms with Gasteiger partial charge in [-0.1, -0.05) is 18.2 Å². The lowest BCUT2D eigenvalue weighted by atomic mass is 10.1. The van der Waals surface area contributed by atoms with E-state index in [1.165, 1.54) is 16.2 Å². The molecule has 0 atom stereocenters. The molecule has 3 rings (SSSR count). The summed E-state index contributed by atoms with van der Waals surface area (Å²) in [4.78, 5) is 4.32. The van der Waals surface area contributed by atoms with Gasteiger partial charge in [-0.25, -0.2) is 0 Å². The molecule has 0 N–H and O–H groups in total. The summed E-state index contributed by atoms with van der Waals surface area (Å²) in [5.74, 6) is 0. The molecule has 0 bridgehead atoms. The van der Waals surface area contributed by atoms with Gasteiger partial charge in [0.25, 0.3) is 0 Å². The van der Waals surface area contributed by atoms with Crippen LogP contribution in [-0.4, -0.2) is 4.98 Å². The highest BCUT2D eigenvalue weighted by atomic mass is 14.6. The average Bonchev–Trinajstić information content (AvgIpc) is 2.26. The lowest BCUT2D eigenvalue weighted by Gasteiger charge is -1.99. The third kappa shape index (κ3) is 1.06. The lowest BCUT2D eigenvalue weighted by molar-refractivity contribution is 1.42. The van der Waals surface area contributed by atoms with Crippen molar-refractivity contribution in [2.24, 2.45) is 0 Å². The second kappa shape index (κ2) is 2.81. The van der Waals surface area contributed by atoms with Crippen molar-refractivity contribution >= 4 is 21.7 Å². The summed E-state index contributed by atoms with van der Waals surface area (Å²) in [5.41, 5.74) is 1.05. The fourth-order valence-electron chi connectivity index (χ4n) is 1.70. The molecule has 65 valence electrons. The first kappa shape index (κ1) is 7.51. The van der Waals surface area contributed by atoms with Crippen molar-refractivity contribution in [3.8, 4) is 0 Å². The third-order valence-corrected chi connectivity index (χ3v) is 2.41. The molecule has 1 heteroatoms. The van der Waals surface area contributed by atoms with E-state index in [2.05, 4.69) is 35.3 Å². The molecule has 0 aliphatic carbocycles. The molecule has 1 aromatic heterocycles. The summed E-state index contributed by atoms with van der Waals surface area (Å²) in [5, 5.41) is 3.61. The fourth-order valence-corrected chi connectivity index (χ4v) is 1.70. The molecule has 2 aromatic carbocycles. The van der Waals surface area contributed by atoms with Crippen LogP contribution in [0.5, 0.6) is 0 Å². The molecule has 0 aliphatic rings. The minimum Gasteiger partial charge on any atom is -0.256 e. The highest BCUT2D eigenvalue weighted by Gasteiger charge is 1.96. The van der Waals surface area contributed by atoms with Crippen LogP contribution in [0.4, 0.5) is 0 Å². The van der Waals surface area contributed by atoms with E-state index >= 15 is 0 Å². The van der Waals surface area contributed by atoms with E-state index in [4.69, 9.17) is 0 Å². The first-order valence-corrected chi connectivity index (χ1v) is 4.58. The second-order valence-electron chi connectivity index (χ2n) is 3.32. The molecule has 1 heterocycles. The van der Waals surface area contributed by atoms with Gasteiger partial charge in [0.1, 0.15) is 0 Å². The predicted octanol–water partition coefficient (Wildman–Crippen LogP) is 3.19. The van der Waals surface area contributed by atoms with Gasteiger partial charge in [-0.05, 0) is 41.1 Å². The summed E-state index contributed by atoms with van der Waals surface area (Å²) < 4.78 is 0. The summed E-state index contributed by atoms with van der Waals surface area (Å²) in [6.07, 6.45) is 1.82. The zero-order chi connectivity index (χ0) is 9.38. The van der Waals surface area contributed by atoms with Gasteiger partial charge in [-0.2, -0.15) is 0 Å². The molecule has 0 fully saturated rings. The van der Waals surface area contributed by atoms with Crippen molar-refractivity contribution in [1.82, 2.24) is 4.98 Å². The van der Waals surface area contributed by atoms with Gasteiger partial charge in [-0.15, -0.1) is 0 Å². The maximum atomic E-state index is 4.32. The van der Waals surface area contributed by atoms with Crippen LogP contribution in [0.1, 0.15) is 0 Å². The maximum Gasteiger partial charge on any atom is 0.0708 e. The predicted molar refractivity (Wildman–Crippen MR) is 58.1 cm³/mol. The van der Waals surface area contributed by atoms with Gasteiger partial charge in [0.15, 0.2) is 0 Å². The minimum absolute atomic E-state index is 1.05. The van der Waals surface area contributed by atoms with E-state index in [1.807, 2.05) is 24.4 Å². The number of benzene rings is 2. The first-order valence-electron chi connectivity index (χ1n) is 4.58. The summed E-state index contributed by atoms with van der Waals surface area (Å²) in [6, 6.07) is 17.4. The second-order valence-corrected chi connectivity index (χ2v) is 3.32. The van der Waals surface area contributed by atoms with Crippen LogP contribution in [0.3, 0.4) is 0 Å². The number of hydrogen-bond acceptors (Lipinski definition) is 1. The molecular formula is C13H8N. The zero-order valence-corrected chi connectivity index (χ0v) is 7.57. The molecule has 0 spiro atoms. The molecule has 0 saturated heterocycles. The molecule has 0 aliphatic heterocycles. The minimum atomic E-state index is 1.05. The van der Waals surface area contributed by atoms with Crippen molar-refractivity contribution in [1.29, 1.82) is 0 Å². The van der Waals surface area contributed by atoms with Crippen molar-refractivity contribution in [2.45, 2.75) is 0 Å². The van der Waals surface area contributed by atoms with Crippen molar-refractivity contribution in [3.63, 3.8) is 0 Å². The van der Waals surface area contributed by atoms with Gasteiger partial charge in [0.2, 0.25) is 0 Å². The van der Waals surface area contributed by atoms with E-state index in [1.54, 1.807) is 0 Å². The van der Waals surface area contributed by atoms with Crippen LogP contribution in [0.25, 0.3) is 21.7 Å². The number of hydrogen-bond donors (Lipinski definition) is 0. The van der Waals surface area contributed by atoms with Crippen LogP contribution >= 0.6 is 0 Å². The Hall–Kier alpha value is -1.89. The summed E-state index contributed by atoms with van der Waals surface area (Å²) in [7, 11) is 0. The smallest absolute Gasteiger partial charge is 0.0708 e. The van der Waals surface area contributed by atoms with Gasteiger partial charge in [0, 0.05) is 11.6 Å². The highest BCUT2D eigenvalue weighted by Crippen LogP contribution is 2.20. The maximum absolute atomic E-state index is 4.32. The van der Waals surface area contributed by atoms with Gasteiger partial charge >= 0.3 is 0 Å². The molecule has 0 saturated carbocycles. The van der Waals surface area contributed by atoms with E-state index in [9.17, 15) is 0 Å². The van der Waals surface area contributed by atoms with Crippen molar-refractivity contribution < 1.29 is 0 Å². The number of rotatable bonds is 0. The number of aromatic nitrogens is 1. The van der Waals surface area contributed by atoms with Gasteiger partial charge < -0.3 is 0 Å².